The average molecular weight is 223 g/mol. The molecule has 0 aliphatic heterocycles. The number of rotatable bonds is 6. The molecule has 90 valence electrons. The van der Waals surface area contributed by atoms with Crippen LogP contribution < -0.4 is 15.2 Å². The first-order valence-corrected chi connectivity index (χ1v) is 5.76. The monoisotopic (exact) mass is 223 g/mol. The molecule has 3 nitrogen and oxygen atoms in total. The van der Waals surface area contributed by atoms with Gasteiger partial charge in [-0.15, -0.1) is 0 Å². The standard InChI is InChI=1S/C13H21NO2/c1-4-11(14)8-10-6-7-12(15-3)9-13(10)16-5-2/h6-7,9,11H,4-5,8,14H2,1-3H3. The minimum Gasteiger partial charge on any atom is -0.497 e. The van der Waals surface area contributed by atoms with Gasteiger partial charge in [-0.05, 0) is 31.4 Å². The maximum absolute atomic E-state index is 5.95. The summed E-state index contributed by atoms with van der Waals surface area (Å²) in [5, 5.41) is 0. The molecule has 2 N–H and O–H groups in total. The molecular formula is C13H21NO2. The highest BCUT2D eigenvalue weighted by Crippen LogP contribution is 2.26. The lowest BCUT2D eigenvalue weighted by Crippen LogP contribution is -2.21. The van der Waals surface area contributed by atoms with Gasteiger partial charge in [0, 0.05) is 12.1 Å². The molecule has 0 aliphatic rings. The summed E-state index contributed by atoms with van der Waals surface area (Å²) in [6.45, 7) is 4.72. The van der Waals surface area contributed by atoms with E-state index < -0.39 is 0 Å². The Hall–Kier alpha value is -1.22. The van der Waals surface area contributed by atoms with E-state index in [1.165, 1.54) is 0 Å². The van der Waals surface area contributed by atoms with Crippen molar-refractivity contribution in [2.45, 2.75) is 32.7 Å². The van der Waals surface area contributed by atoms with Crippen LogP contribution in [-0.2, 0) is 6.42 Å². The summed E-state index contributed by atoms with van der Waals surface area (Å²) in [6.07, 6.45) is 1.81. The summed E-state index contributed by atoms with van der Waals surface area (Å²) in [5.74, 6) is 1.70. The zero-order valence-electron chi connectivity index (χ0n) is 10.3. The van der Waals surface area contributed by atoms with Crippen molar-refractivity contribution >= 4 is 0 Å². The van der Waals surface area contributed by atoms with Crippen LogP contribution in [0.1, 0.15) is 25.8 Å². The van der Waals surface area contributed by atoms with Gasteiger partial charge >= 0.3 is 0 Å². The summed E-state index contributed by atoms with van der Waals surface area (Å²) in [5.41, 5.74) is 7.10. The molecule has 0 aliphatic carbocycles. The van der Waals surface area contributed by atoms with Gasteiger partial charge in [0.15, 0.2) is 0 Å². The van der Waals surface area contributed by atoms with Crippen LogP contribution in [-0.4, -0.2) is 19.8 Å². The smallest absolute Gasteiger partial charge is 0.126 e. The molecule has 1 aromatic carbocycles. The van der Waals surface area contributed by atoms with E-state index in [2.05, 4.69) is 6.92 Å². The topological polar surface area (TPSA) is 44.5 Å². The zero-order valence-corrected chi connectivity index (χ0v) is 10.3. The summed E-state index contributed by atoms with van der Waals surface area (Å²) in [4.78, 5) is 0. The summed E-state index contributed by atoms with van der Waals surface area (Å²) >= 11 is 0. The number of benzene rings is 1. The Morgan fingerprint density at radius 3 is 2.62 bits per heavy atom. The first kappa shape index (κ1) is 12.8. The third-order valence-electron chi connectivity index (χ3n) is 2.58. The van der Waals surface area contributed by atoms with Gasteiger partial charge in [0.05, 0.1) is 13.7 Å². The second kappa shape index (κ2) is 6.38. The molecule has 1 unspecified atom stereocenters. The lowest BCUT2D eigenvalue weighted by atomic mass is 10.0. The molecule has 1 atom stereocenters. The van der Waals surface area contributed by atoms with Crippen molar-refractivity contribution in [3.63, 3.8) is 0 Å². The van der Waals surface area contributed by atoms with E-state index in [0.29, 0.717) is 6.61 Å². The molecule has 0 bridgehead atoms. The molecular weight excluding hydrogens is 202 g/mol. The number of hydrogen-bond acceptors (Lipinski definition) is 3. The van der Waals surface area contributed by atoms with E-state index in [0.717, 1.165) is 29.9 Å². The fourth-order valence-corrected chi connectivity index (χ4v) is 1.55. The number of methoxy groups -OCH3 is 1. The van der Waals surface area contributed by atoms with Crippen LogP contribution in [0.3, 0.4) is 0 Å². The van der Waals surface area contributed by atoms with Crippen molar-refractivity contribution in [2.75, 3.05) is 13.7 Å². The quantitative estimate of drug-likeness (QED) is 0.805. The largest absolute Gasteiger partial charge is 0.497 e. The van der Waals surface area contributed by atoms with Crippen LogP contribution in [0, 0.1) is 0 Å². The van der Waals surface area contributed by atoms with Gasteiger partial charge in [-0.2, -0.15) is 0 Å². The first-order chi connectivity index (χ1) is 7.71. The second-order valence-corrected chi connectivity index (χ2v) is 3.78. The third kappa shape index (κ3) is 3.42. The fraction of sp³-hybridized carbons (Fsp3) is 0.538. The van der Waals surface area contributed by atoms with Crippen LogP contribution >= 0.6 is 0 Å². The maximum atomic E-state index is 5.95. The summed E-state index contributed by atoms with van der Waals surface area (Å²) in [6, 6.07) is 6.08. The molecule has 3 heteroatoms. The predicted octanol–water partition coefficient (Wildman–Crippen LogP) is 2.37. The number of ether oxygens (including phenoxy) is 2. The molecule has 0 spiro atoms. The molecule has 1 rings (SSSR count). The SMILES string of the molecule is CCOc1cc(OC)ccc1CC(N)CC. The van der Waals surface area contributed by atoms with Gasteiger partial charge in [0.25, 0.3) is 0 Å². The molecule has 0 radical (unpaired) electrons. The Morgan fingerprint density at radius 2 is 2.06 bits per heavy atom. The van der Waals surface area contributed by atoms with Crippen molar-refractivity contribution in [1.29, 1.82) is 0 Å². The fourth-order valence-electron chi connectivity index (χ4n) is 1.55. The predicted molar refractivity (Wildman–Crippen MR) is 66.1 cm³/mol. The highest BCUT2D eigenvalue weighted by atomic mass is 16.5. The lowest BCUT2D eigenvalue weighted by molar-refractivity contribution is 0.331. The van der Waals surface area contributed by atoms with Crippen molar-refractivity contribution in [1.82, 2.24) is 0 Å². The van der Waals surface area contributed by atoms with Crippen LogP contribution in [0.2, 0.25) is 0 Å². The van der Waals surface area contributed by atoms with Crippen LogP contribution in [0.25, 0.3) is 0 Å². The molecule has 0 amide bonds. The van der Waals surface area contributed by atoms with Crippen molar-refractivity contribution < 1.29 is 9.47 Å². The minimum atomic E-state index is 0.188. The summed E-state index contributed by atoms with van der Waals surface area (Å²) < 4.78 is 10.8. The van der Waals surface area contributed by atoms with E-state index in [9.17, 15) is 0 Å². The van der Waals surface area contributed by atoms with Crippen LogP contribution in [0.5, 0.6) is 11.5 Å². The van der Waals surface area contributed by atoms with Gasteiger partial charge < -0.3 is 15.2 Å². The Kier molecular flexibility index (Phi) is 5.12. The van der Waals surface area contributed by atoms with Gasteiger partial charge in [-0.3, -0.25) is 0 Å². The Morgan fingerprint density at radius 1 is 1.31 bits per heavy atom. The van der Waals surface area contributed by atoms with Crippen LogP contribution in [0.4, 0.5) is 0 Å². The maximum Gasteiger partial charge on any atom is 0.126 e. The number of nitrogens with two attached hydrogens (primary N) is 1. The first-order valence-electron chi connectivity index (χ1n) is 5.76. The Balaban J connectivity index is 2.88. The van der Waals surface area contributed by atoms with Crippen molar-refractivity contribution in [3.8, 4) is 11.5 Å². The highest BCUT2D eigenvalue weighted by Gasteiger charge is 2.08. The van der Waals surface area contributed by atoms with Crippen molar-refractivity contribution in [3.05, 3.63) is 23.8 Å². The molecule has 0 heterocycles. The zero-order chi connectivity index (χ0) is 12.0. The van der Waals surface area contributed by atoms with E-state index in [4.69, 9.17) is 15.2 Å². The van der Waals surface area contributed by atoms with Gasteiger partial charge in [0.1, 0.15) is 11.5 Å². The van der Waals surface area contributed by atoms with Gasteiger partial charge in [-0.1, -0.05) is 13.0 Å². The number of hydrogen-bond donors (Lipinski definition) is 1. The van der Waals surface area contributed by atoms with E-state index in [1.807, 2.05) is 25.1 Å². The minimum absolute atomic E-state index is 0.188. The Labute approximate surface area is 97.6 Å². The third-order valence-corrected chi connectivity index (χ3v) is 2.58. The molecule has 16 heavy (non-hydrogen) atoms. The molecule has 0 saturated carbocycles. The van der Waals surface area contributed by atoms with Gasteiger partial charge in [-0.25, -0.2) is 0 Å². The lowest BCUT2D eigenvalue weighted by Gasteiger charge is -2.14. The van der Waals surface area contributed by atoms with E-state index in [-0.39, 0.29) is 6.04 Å². The second-order valence-electron chi connectivity index (χ2n) is 3.78. The normalized spacial score (nSPS) is 12.2. The van der Waals surface area contributed by atoms with E-state index >= 15 is 0 Å². The highest BCUT2D eigenvalue weighted by molar-refractivity contribution is 5.41. The molecule has 0 aromatic heterocycles. The van der Waals surface area contributed by atoms with E-state index in [1.54, 1.807) is 7.11 Å². The van der Waals surface area contributed by atoms with Gasteiger partial charge in [0.2, 0.25) is 0 Å². The molecule has 0 fully saturated rings. The average Bonchev–Trinajstić information content (AvgIpc) is 2.31. The van der Waals surface area contributed by atoms with Crippen LogP contribution in [0.15, 0.2) is 18.2 Å². The summed E-state index contributed by atoms with van der Waals surface area (Å²) in [7, 11) is 1.66. The molecule has 0 saturated heterocycles. The molecule has 1 aromatic rings. The van der Waals surface area contributed by atoms with Crippen molar-refractivity contribution in [2.24, 2.45) is 5.73 Å². The Bertz CT molecular complexity index is 326.